The summed E-state index contributed by atoms with van der Waals surface area (Å²) in [4.78, 5) is 4.80. The van der Waals surface area contributed by atoms with Crippen LogP contribution >= 0.6 is 0 Å². The van der Waals surface area contributed by atoms with Crippen molar-refractivity contribution in [3.05, 3.63) is 194 Å². The summed E-state index contributed by atoms with van der Waals surface area (Å²) in [5, 5.41) is 2.04. The molecular formula is C52H38BN3OPt-2. The summed E-state index contributed by atoms with van der Waals surface area (Å²) in [7, 11) is 0. The Bertz CT molecular complexity index is 3440. The first-order chi connectivity index (χ1) is 32.0. The second-order valence-corrected chi connectivity index (χ2v) is 14.8. The van der Waals surface area contributed by atoms with Gasteiger partial charge in [-0.1, -0.05) is 147 Å². The van der Waals surface area contributed by atoms with E-state index in [4.69, 9.17) is 23.4 Å². The van der Waals surface area contributed by atoms with Crippen LogP contribution < -0.4 is 20.2 Å². The number of para-hydroxylation sites is 3. The standard InChI is InChI=1S/C52H38BN3O.Pt/c1-52(2,3)38-30-31-54-50(32-38)56-47-26-12-10-22-44(47)45-29-28-41(34-49(45)56)57-40-21-14-20-39(33-40)53-35-55(48-27-13-11-25-46(48)53)51-42(36-16-6-4-7-17-36)23-15-24-43(51)37-18-8-5-9-19-37;/h4-32H,1-3H3;/q-2;/i4D,5D,6D,7D,8D,9D,16D,17D,18D,19D;. The molecule has 0 fully saturated rings. The molecule has 0 saturated heterocycles. The van der Waals surface area contributed by atoms with Gasteiger partial charge >= 0.3 is 0 Å². The number of aromatic nitrogens is 2. The number of ether oxygens (including phenoxy) is 1. The van der Waals surface area contributed by atoms with Crippen molar-refractivity contribution in [2.75, 3.05) is 0 Å². The molecule has 0 bridgehead atoms. The Kier molecular flexibility index (Phi) is 7.19. The maximum absolute atomic E-state index is 8.99. The van der Waals surface area contributed by atoms with Crippen molar-refractivity contribution in [3.8, 4) is 39.6 Å². The van der Waals surface area contributed by atoms with Crippen LogP contribution in [-0.4, -0.2) is 22.4 Å². The SMILES string of the molecule is [2H]c1c([2H])c([2H])c(-c2cccc(-c3c([2H])c([2H])c([2H])c([2H])c3[2H])c2[N+]2=[C-]B(c3[c-]c(Oc4[c-]c5c(cc4)c4ccccc4n5-c4cc(C(C)(C)C)ccn4)ccc3)c3ccccc32)c([2H])c1[2H].[Pt]. The zero-order valence-electron chi connectivity index (χ0n) is 41.6. The van der Waals surface area contributed by atoms with Gasteiger partial charge in [0.15, 0.2) is 0 Å². The average Bonchev–Trinajstić information content (AvgIpc) is 3.87. The van der Waals surface area contributed by atoms with Crippen LogP contribution in [-0.2, 0) is 26.5 Å². The first-order valence-electron chi connectivity index (χ1n) is 23.6. The van der Waals surface area contributed by atoms with Gasteiger partial charge in [0, 0.05) is 44.3 Å². The van der Waals surface area contributed by atoms with Gasteiger partial charge in [0.25, 0.3) is 0 Å². The number of hydrogen-bond donors (Lipinski definition) is 0. The molecule has 0 spiro atoms. The van der Waals surface area contributed by atoms with E-state index < -0.39 is 67.1 Å². The number of benzene rings is 7. The Labute approximate surface area is 368 Å². The van der Waals surface area contributed by atoms with Gasteiger partial charge in [0.05, 0.1) is 25.5 Å². The molecule has 0 aliphatic carbocycles. The van der Waals surface area contributed by atoms with Gasteiger partial charge in [-0.3, -0.25) is 0 Å². The van der Waals surface area contributed by atoms with E-state index in [2.05, 4.69) is 61.8 Å². The molecule has 1 aliphatic rings. The normalized spacial score (nSPS) is 14.7. The van der Waals surface area contributed by atoms with Gasteiger partial charge in [-0.2, -0.15) is 23.7 Å². The van der Waals surface area contributed by atoms with E-state index in [0.29, 0.717) is 22.6 Å². The molecule has 7 aromatic carbocycles. The fourth-order valence-corrected chi connectivity index (χ4v) is 7.57. The van der Waals surface area contributed by atoms with Crippen molar-refractivity contribution in [1.29, 1.82) is 0 Å². The van der Waals surface area contributed by atoms with Crippen molar-refractivity contribution >= 4 is 56.9 Å². The fraction of sp³-hybridized carbons (Fsp3) is 0.0769. The molecule has 9 aromatic rings. The number of hydrogen-bond acceptors (Lipinski definition) is 2. The second-order valence-electron chi connectivity index (χ2n) is 14.8. The smallest absolute Gasteiger partial charge is 0.212 e. The minimum Gasteiger partial charge on any atom is -0.509 e. The van der Waals surface area contributed by atoms with E-state index >= 15 is 0 Å². The Morgan fingerprint density at radius 2 is 1.36 bits per heavy atom. The van der Waals surface area contributed by atoms with Gasteiger partial charge in [-0.25, -0.2) is 4.98 Å². The molecule has 282 valence electrons. The first-order valence-corrected chi connectivity index (χ1v) is 18.6. The molecule has 3 heterocycles. The zero-order chi connectivity index (χ0) is 47.2. The molecule has 1 aliphatic heterocycles. The van der Waals surface area contributed by atoms with Crippen LogP contribution in [0, 0.1) is 12.1 Å². The van der Waals surface area contributed by atoms with Crippen molar-refractivity contribution in [3.63, 3.8) is 0 Å². The molecule has 0 amide bonds. The minimum atomic E-state index is -0.601. The monoisotopic (exact) mass is 936 g/mol. The molecule has 0 atom stereocenters. The Hall–Kier alpha value is -6.29. The molecular weight excluding hydrogens is 888 g/mol. The predicted octanol–water partition coefficient (Wildman–Crippen LogP) is 11.1. The van der Waals surface area contributed by atoms with Crippen LogP contribution in [0.1, 0.15) is 40.0 Å². The molecule has 0 N–H and O–H groups in total. The van der Waals surface area contributed by atoms with Crippen molar-refractivity contribution in [2.45, 2.75) is 26.2 Å². The first kappa shape index (κ1) is 27.4. The third-order valence-electron chi connectivity index (χ3n) is 10.3. The average molecular weight is 937 g/mol. The molecule has 58 heavy (non-hydrogen) atoms. The molecule has 0 saturated carbocycles. The van der Waals surface area contributed by atoms with Crippen LogP contribution in [0.25, 0.3) is 49.9 Å². The third-order valence-corrected chi connectivity index (χ3v) is 10.3. The van der Waals surface area contributed by atoms with Gasteiger partial charge in [0.1, 0.15) is 11.5 Å². The Balaban J connectivity index is 0.00000578. The largest absolute Gasteiger partial charge is 0.509 e. The second kappa shape index (κ2) is 15.2. The summed E-state index contributed by atoms with van der Waals surface area (Å²) in [6.45, 7) is 5.91. The van der Waals surface area contributed by atoms with Gasteiger partial charge in [-0.05, 0) is 62.9 Å². The molecule has 2 aromatic heterocycles. The summed E-state index contributed by atoms with van der Waals surface area (Å²) < 4.78 is 97.1. The minimum absolute atomic E-state index is 0. The zero-order valence-corrected chi connectivity index (χ0v) is 33.9. The number of fused-ring (bicyclic) bond motifs is 4. The van der Waals surface area contributed by atoms with Crippen LogP contribution in [0.3, 0.4) is 0 Å². The van der Waals surface area contributed by atoms with Gasteiger partial charge in [-0.15, -0.1) is 29.7 Å². The van der Waals surface area contributed by atoms with Crippen molar-refractivity contribution < 1.29 is 39.5 Å². The van der Waals surface area contributed by atoms with E-state index in [9.17, 15) is 0 Å². The van der Waals surface area contributed by atoms with E-state index in [0.717, 1.165) is 38.6 Å². The molecule has 10 rings (SSSR count). The van der Waals surface area contributed by atoms with Crippen LogP contribution in [0.5, 0.6) is 11.5 Å². The fourth-order valence-electron chi connectivity index (χ4n) is 7.57. The predicted molar refractivity (Wildman–Crippen MR) is 237 cm³/mol. The van der Waals surface area contributed by atoms with E-state index in [1.807, 2.05) is 72.9 Å². The molecule has 6 heteroatoms. The van der Waals surface area contributed by atoms with Crippen molar-refractivity contribution in [1.82, 2.24) is 14.1 Å². The van der Waals surface area contributed by atoms with Crippen LogP contribution in [0.15, 0.2) is 176 Å². The van der Waals surface area contributed by atoms with Crippen LogP contribution in [0.2, 0.25) is 0 Å². The maximum Gasteiger partial charge on any atom is 0.212 e. The topological polar surface area (TPSA) is 30.1 Å². The maximum atomic E-state index is 8.99. The summed E-state index contributed by atoms with van der Waals surface area (Å²) in [6.07, 6.45) is 5.39. The summed E-state index contributed by atoms with van der Waals surface area (Å²) in [5.74, 6) is 1.62. The number of nitrogens with zero attached hydrogens (tertiary/aromatic N) is 3. The Morgan fingerprint density at radius 1 is 0.690 bits per heavy atom. The summed E-state index contributed by atoms with van der Waals surface area (Å²) in [6, 6.07) is 35.9. The molecule has 0 unspecified atom stereocenters. The van der Waals surface area contributed by atoms with Crippen LogP contribution in [0.4, 0.5) is 11.4 Å². The Morgan fingerprint density at radius 3 is 2.10 bits per heavy atom. The quantitative estimate of drug-likeness (QED) is 0.0905. The number of pyridine rings is 1. The summed E-state index contributed by atoms with van der Waals surface area (Å²) >= 11 is 0. The van der Waals surface area contributed by atoms with E-state index in [-0.39, 0.29) is 54.4 Å². The number of rotatable bonds is 7. The van der Waals surface area contributed by atoms with Crippen molar-refractivity contribution in [2.24, 2.45) is 0 Å². The van der Waals surface area contributed by atoms with E-state index in [1.54, 1.807) is 28.8 Å². The van der Waals surface area contributed by atoms with Gasteiger partial charge < -0.3 is 13.9 Å². The van der Waals surface area contributed by atoms with E-state index in [1.165, 1.54) is 0 Å². The third kappa shape index (κ3) is 6.70. The summed E-state index contributed by atoms with van der Waals surface area (Å²) in [5.41, 5.74) is 5.19. The molecule has 4 nitrogen and oxygen atoms in total. The molecule has 0 radical (unpaired) electrons. The van der Waals surface area contributed by atoms with Gasteiger partial charge in [0.2, 0.25) is 6.71 Å².